The summed E-state index contributed by atoms with van der Waals surface area (Å²) >= 11 is 0. The molecule has 0 aliphatic rings. The Bertz CT molecular complexity index is 396. The highest BCUT2D eigenvalue weighted by molar-refractivity contribution is 5.83. The van der Waals surface area contributed by atoms with E-state index < -0.39 is 0 Å². The second-order valence-electron chi connectivity index (χ2n) is 3.40. The maximum atomic E-state index is 11.1. The van der Waals surface area contributed by atoms with Crippen LogP contribution in [0.15, 0.2) is 36.0 Å². The molecule has 0 heterocycles. The highest BCUT2D eigenvalue weighted by atomic mass is 16.5. The highest BCUT2D eigenvalue weighted by Crippen LogP contribution is 2.17. The van der Waals surface area contributed by atoms with Gasteiger partial charge in [-0.05, 0) is 30.7 Å². The molecule has 1 aromatic carbocycles. The molecule has 0 fully saturated rings. The Hall–Kier alpha value is -1.97. The number of methoxy groups -OCH3 is 2. The zero-order valence-corrected chi connectivity index (χ0v) is 10.3. The van der Waals surface area contributed by atoms with E-state index in [0.717, 1.165) is 23.6 Å². The van der Waals surface area contributed by atoms with Crippen molar-refractivity contribution in [2.45, 2.75) is 13.3 Å². The van der Waals surface area contributed by atoms with E-state index in [-0.39, 0.29) is 5.97 Å². The summed E-state index contributed by atoms with van der Waals surface area (Å²) < 4.78 is 9.65. The molecule has 4 heteroatoms. The summed E-state index contributed by atoms with van der Waals surface area (Å²) in [6, 6.07) is 7.49. The number of ether oxygens (including phenoxy) is 2. The van der Waals surface area contributed by atoms with Crippen molar-refractivity contribution >= 4 is 11.7 Å². The van der Waals surface area contributed by atoms with Crippen molar-refractivity contribution in [1.29, 1.82) is 0 Å². The number of carbonyl (C=O) groups is 1. The van der Waals surface area contributed by atoms with Gasteiger partial charge >= 0.3 is 5.97 Å². The summed E-state index contributed by atoms with van der Waals surface area (Å²) in [5.41, 5.74) is 1.71. The van der Waals surface area contributed by atoms with Crippen LogP contribution in [0, 0.1) is 0 Å². The van der Waals surface area contributed by atoms with Crippen LogP contribution in [-0.4, -0.2) is 20.2 Å². The molecule has 0 aliphatic carbocycles. The minimum absolute atomic E-state index is 0.358. The Kier molecular flexibility index (Phi) is 5.07. The van der Waals surface area contributed by atoms with Crippen molar-refractivity contribution in [3.05, 3.63) is 36.0 Å². The molecule has 0 radical (unpaired) electrons. The number of esters is 1. The average molecular weight is 235 g/mol. The summed E-state index contributed by atoms with van der Waals surface area (Å²) in [5.74, 6) is 0.438. The smallest absolute Gasteiger partial charge is 0.332 e. The number of benzene rings is 1. The third-order valence-electron chi connectivity index (χ3n) is 2.27. The minimum Gasteiger partial charge on any atom is -0.497 e. The first-order chi connectivity index (χ1) is 8.19. The molecular weight excluding hydrogens is 218 g/mol. The van der Waals surface area contributed by atoms with Crippen LogP contribution in [0.1, 0.15) is 13.3 Å². The number of allylic oxidation sites excluding steroid dienone is 1. The Labute approximate surface area is 101 Å². The molecule has 0 amide bonds. The Morgan fingerprint density at radius 1 is 1.29 bits per heavy atom. The van der Waals surface area contributed by atoms with E-state index in [0.29, 0.717) is 0 Å². The lowest BCUT2D eigenvalue weighted by atomic mass is 10.2. The number of hydrogen-bond acceptors (Lipinski definition) is 4. The SMILES string of the molecule is CC/C(=C/C(=O)OC)Nc1ccc(OC)cc1. The maximum absolute atomic E-state index is 11.1. The fourth-order valence-corrected chi connectivity index (χ4v) is 1.29. The van der Waals surface area contributed by atoms with Crippen LogP contribution in [0.3, 0.4) is 0 Å². The lowest BCUT2D eigenvalue weighted by Gasteiger charge is -2.09. The maximum Gasteiger partial charge on any atom is 0.332 e. The summed E-state index contributed by atoms with van der Waals surface area (Å²) in [6.45, 7) is 1.96. The van der Waals surface area contributed by atoms with Crippen molar-refractivity contribution in [1.82, 2.24) is 0 Å². The summed E-state index contributed by atoms with van der Waals surface area (Å²) in [6.07, 6.45) is 2.17. The van der Waals surface area contributed by atoms with Gasteiger partial charge in [-0.3, -0.25) is 0 Å². The van der Waals surface area contributed by atoms with Crippen molar-refractivity contribution < 1.29 is 14.3 Å². The molecular formula is C13H17NO3. The largest absolute Gasteiger partial charge is 0.497 e. The summed E-state index contributed by atoms with van der Waals surface area (Å²) in [5, 5.41) is 3.15. The number of hydrogen-bond donors (Lipinski definition) is 1. The molecule has 4 nitrogen and oxygen atoms in total. The van der Waals surface area contributed by atoms with Crippen LogP contribution in [0.4, 0.5) is 5.69 Å². The van der Waals surface area contributed by atoms with E-state index in [1.807, 2.05) is 31.2 Å². The van der Waals surface area contributed by atoms with Crippen molar-refractivity contribution in [2.75, 3.05) is 19.5 Å². The second-order valence-corrected chi connectivity index (χ2v) is 3.40. The van der Waals surface area contributed by atoms with Gasteiger partial charge < -0.3 is 14.8 Å². The molecule has 92 valence electrons. The fraction of sp³-hybridized carbons (Fsp3) is 0.308. The summed E-state index contributed by atoms with van der Waals surface area (Å²) in [4.78, 5) is 11.1. The molecule has 0 bridgehead atoms. The van der Waals surface area contributed by atoms with E-state index in [1.54, 1.807) is 7.11 Å². The number of anilines is 1. The van der Waals surface area contributed by atoms with Gasteiger partial charge in [-0.25, -0.2) is 4.79 Å². The van der Waals surface area contributed by atoms with Crippen LogP contribution < -0.4 is 10.1 Å². The Balaban J connectivity index is 2.73. The van der Waals surface area contributed by atoms with E-state index >= 15 is 0 Å². The normalized spacial score (nSPS) is 10.9. The molecule has 1 N–H and O–H groups in total. The number of nitrogens with one attached hydrogen (secondary N) is 1. The molecule has 0 saturated heterocycles. The predicted octanol–water partition coefficient (Wildman–Crippen LogP) is 2.57. The van der Waals surface area contributed by atoms with Crippen molar-refractivity contribution in [3.8, 4) is 5.75 Å². The fourth-order valence-electron chi connectivity index (χ4n) is 1.29. The van der Waals surface area contributed by atoms with E-state index in [1.165, 1.54) is 13.2 Å². The number of rotatable bonds is 5. The zero-order chi connectivity index (χ0) is 12.7. The third kappa shape index (κ3) is 4.18. The summed E-state index contributed by atoms with van der Waals surface area (Å²) in [7, 11) is 2.98. The molecule has 0 spiro atoms. The van der Waals surface area contributed by atoms with E-state index in [9.17, 15) is 4.79 Å². The first-order valence-corrected chi connectivity index (χ1v) is 5.39. The second kappa shape index (κ2) is 6.58. The van der Waals surface area contributed by atoms with Gasteiger partial charge in [0.25, 0.3) is 0 Å². The number of carbonyl (C=O) groups excluding carboxylic acids is 1. The minimum atomic E-state index is -0.358. The molecule has 0 atom stereocenters. The standard InChI is InChI=1S/C13H17NO3/c1-4-10(9-13(15)17-3)14-11-5-7-12(16-2)8-6-11/h5-9,14H,4H2,1-3H3/b10-9-. The van der Waals surface area contributed by atoms with Gasteiger partial charge in [-0.1, -0.05) is 6.92 Å². The first-order valence-electron chi connectivity index (χ1n) is 5.39. The first kappa shape index (κ1) is 13.1. The quantitative estimate of drug-likeness (QED) is 0.629. The molecule has 1 aromatic rings. The van der Waals surface area contributed by atoms with Gasteiger partial charge in [0, 0.05) is 17.5 Å². The zero-order valence-electron chi connectivity index (χ0n) is 10.3. The third-order valence-corrected chi connectivity index (χ3v) is 2.27. The molecule has 0 aliphatic heterocycles. The monoisotopic (exact) mass is 235 g/mol. The van der Waals surface area contributed by atoms with Gasteiger partial charge in [-0.15, -0.1) is 0 Å². The van der Waals surface area contributed by atoms with Gasteiger partial charge in [0.2, 0.25) is 0 Å². The lowest BCUT2D eigenvalue weighted by molar-refractivity contribution is -0.134. The van der Waals surface area contributed by atoms with Crippen LogP contribution in [0.5, 0.6) is 5.75 Å². The molecule has 0 aromatic heterocycles. The van der Waals surface area contributed by atoms with Crippen molar-refractivity contribution in [2.24, 2.45) is 0 Å². The molecule has 0 saturated carbocycles. The average Bonchev–Trinajstić information content (AvgIpc) is 2.38. The predicted molar refractivity (Wildman–Crippen MR) is 67.0 cm³/mol. The van der Waals surface area contributed by atoms with Crippen LogP contribution in [-0.2, 0) is 9.53 Å². The highest BCUT2D eigenvalue weighted by Gasteiger charge is 2.01. The van der Waals surface area contributed by atoms with Gasteiger partial charge in [0.15, 0.2) is 0 Å². The molecule has 0 unspecified atom stereocenters. The lowest BCUT2D eigenvalue weighted by Crippen LogP contribution is -2.03. The van der Waals surface area contributed by atoms with Crippen molar-refractivity contribution in [3.63, 3.8) is 0 Å². The molecule has 17 heavy (non-hydrogen) atoms. The van der Waals surface area contributed by atoms with Gasteiger partial charge in [0.1, 0.15) is 5.75 Å². The van der Waals surface area contributed by atoms with E-state index in [2.05, 4.69) is 10.1 Å². The Morgan fingerprint density at radius 3 is 2.41 bits per heavy atom. The van der Waals surface area contributed by atoms with E-state index in [4.69, 9.17) is 4.74 Å². The van der Waals surface area contributed by atoms with Crippen LogP contribution >= 0.6 is 0 Å². The van der Waals surface area contributed by atoms with Gasteiger partial charge in [-0.2, -0.15) is 0 Å². The van der Waals surface area contributed by atoms with Crippen LogP contribution in [0.2, 0.25) is 0 Å². The van der Waals surface area contributed by atoms with Gasteiger partial charge in [0.05, 0.1) is 14.2 Å². The Morgan fingerprint density at radius 2 is 1.94 bits per heavy atom. The topological polar surface area (TPSA) is 47.6 Å². The van der Waals surface area contributed by atoms with Crippen LogP contribution in [0.25, 0.3) is 0 Å². The molecule has 1 rings (SSSR count).